The first-order valence-electron chi connectivity index (χ1n) is 7.15. The zero-order valence-corrected chi connectivity index (χ0v) is 12.7. The summed E-state index contributed by atoms with van der Waals surface area (Å²) in [6.45, 7) is 5.12. The Kier molecular flexibility index (Phi) is 5.37. The number of nitrogens with zero attached hydrogens (tertiary/aromatic N) is 1. The average Bonchev–Trinajstić information content (AvgIpc) is 2.93. The minimum atomic E-state index is -3.55. The van der Waals surface area contributed by atoms with Crippen LogP contribution in [0, 0.1) is 11.8 Å². The number of rotatable bonds is 6. The zero-order chi connectivity index (χ0) is 15.5. The summed E-state index contributed by atoms with van der Waals surface area (Å²) in [6.07, 6.45) is 3.12. The molecule has 2 atom stereocenters. The van der Waals surface area contributed by atoms with Gasteiger partial charge < -0.3 is 9.84 Å². The van der Waals surface area contributed by atoms with E-state index in [0.717, 1.165) is 6.42 Å². The Morgan fingerprint density at radius 1 is 1.38 bits per heavy atom. The fourth-order valence-electron chi connectivity index (χ4n) is 2.78. The summed E-state index contributed by atoms with van der Waals surface area (Å²) in [5, 5.41) is 8.92. The topological polar surface area (TPSA) is 95.9 Å². The molecule has 2 N–H and O–H groups in total. The van der Waals surface area contributed by atoms with E-state index in [1.165, 1.54) is 4.31 Å². The van der Waals surface area contributed by atoms with E-state index in [0.29, 0.717) is 26.0 Å². The zero-order valence-electron chi connectivity index (χ0n) is 11.9. The van der Waals surface area contributed by atoms with E-state index in [-0.39, 0.29) is 25.1 Å². The molecule has 2 fully saturated rings. The van der Waals surface area contributed by atoms with Crippen molar-refractivity contribution in [3.05, 3.63) is 12.7 Å². The lowest BCUT2D eigenvalue weighted by Crippen LogP contribution is -2.47. The van der Waals surface area contributed by atoms with Crippen molar-refractivity contribution in [2.24, 2.45) is 11.8 Å². The number of carboxylic acids is 1. The summed E-state index contributed by atoms with van der Waals surface area (Å²) in [4.78, 5) is 10.9. The highest BCUT2D eigenvalue weighted by Gasteiger charge is 2.32. The molecule has 2 aliphatic rings. The van der Waals surface area contributed by atoms with Crippen molar-refractivity contribution < 1.29 is 23.1 Å². The van der Waals surface area contributed by atoms with Gasteiger partial charge >= 0.3 is 5.97 Å². The van der Waals surface area contributed by atoms with E-state index < -0.39 is 22.1 Å². The average molecular weight is 318 g/mol. The molecule has 2 heterocycles. The van der Waals surface area contributed by atoms with Crippen molar-refractivity contribution in [1.29, 1.82) is 0 Å². The van der Waals surface area contributed by atoms with Crippen molar-refractivity contribution in [1.82, 2.24) is 9.03 Å². The largest absolute Gasteiger partial charge is 0.481 e. The normalized spacial score (nSPS) is 28.6. The van der Waals surface area contributed by atoms with Gasteiger partial charge in [-0.3, -0.25) is 4.79 Å². The molecule has 0 aliphatic carbocycles. The van der Waals surface area contributed by atoms with Crippen LogP contribution in [-0.4, -0.2) is 56.1 Å². The lowest BCUT2D eigenvalue weighted by molar-refractivity contribution is -0.142. The number of aliphatic carboxylic acids is 1. The Bertz CT molecular complexity index is 485. The van der Waals surface area contributed by atoms with Crippen molar-refractivity contribution in [2.45, 2.75) is 25.4 Å². The molecular weight excluding hydrogens is 296 g/mol. The predicted octanol–water partition coefficient (Wildman–Crippen LogP) is 0.209. The first kappa shape index (κ1) is 16.4. The molecule has 2 rings (SSSR count). The standard InChI is InChI=1S/C13H22N2O5S/c1-2-12-11(5-8-20-12)9-14-21(18,19)15-6-3-10(4-7-15)13(16)17/h2,10-12,14H,1,3-9H2,(H,16,17)/t11-,12-/m0/s1. The number of hydrogen-bond donors (Lipinski definition) is 2. The maximum Gasteiger partial charge on any atom is 0.306 e. The van der Waals surface area contributed by atoms with E-state index in [9.17, 15) is 13.2 Å². The third kappa shape index (κ3) is 4.03. The minimum Gasteiger partial charge on any atom is -0.481 e. The summed E-state index contributed by atoms with van der Waals surface area (Å²) in [5.41, 5.74) is 0. The second-order valence-corrected chi connectivity index (χ2v) is 7.24. The molecule has 0 aromatic rings. The number of carboxylic acid groups (broad SMARTS) is 1. The molecule has 0 saturated carbocycles. The molecule has 7 nitrogen and oxygen atoms in total. The van der Waals surface area contributed by atoms with Crippen molar-refractivity contribution >= 4 is 16.2 Å². The van der Waals surface area contributed by atoms with Gasteiger partial charge in [-0.25, -0.2) is 4.72 Å². The highest BCUT2D eigenvalue weighted by atomic mass is 32.2. The molecular formula is C13H22N2O5S. The molecule has 0 amide bonds. The van der Waals surface area contributed by atoms with Crippen LogP contribution in [0.4, 0.5) is 0 Å². The van der Waals surface area contributed by atoms with Gasteiger partial charge in [0.2, 0.25) is 0 Å². The molecule has 21 heavy (non-hydrogen) atoms. The van der Waals surface area contributed by atoms with E-state index >= 15 is 0 Å². The van der Waals surface area contributed by atoms with Gasteiger partial charge in [0.25, 0.3) is 10.2 Å². The first-order valence-corrected chi connectivity index (χ1v) is 8.59. The van der Waals surface area contributed by atoms with E-state index in [4.69, 9.17) is 9.84 Å². The van der Waals surface area contributed by atoms with Gasteiger partial charge in [-0.15, -0.1) is 6.58 Å². The van der Waals surface area contributed by atoms with Crippen LogP contribution in [0.3, 0.4) is 0 Å². The van der Waals surface area contributed by atoms with Crippen LogP contribution in [0.15, 0.2) is 12.7 Å². The van der Waals surface area contributed by atoms with Crippen molar-refractivity contribution in [3.63, 3.8) is 0 Å². The van der Waals surface area contributed by atoms with Gasteiger partial charge in [-0.2, -0.15) is 12.7 Å². The third-order valence-electron chi connectivity index (χ3n) is 4.17. The summed E-state index contributed by atoms with van der Waals surface area (Å²) in [6, 6.07) is 0. The van der Waals surface area contributed by atoms with Crippen LogP contribution < -0.4 is 4.72 Å². The lowest BCUT2D eigenvalue weighted by Gasteiger charge is -2.29. The maximum absolute atomic E-state index is 12.2. The molecule has 120 valence electrons. The molecule has 0 aromatic heterocycles. The van der Waals surface area contributed by atoms with Crippen LogP contribution >= 0.6 is 0 Å². The number of ether oxygens (including phenoxy) is 1. The third-order valence-corrected chi connectivity index (χ3v) is 5.74. The highest BCUT2D eigenvalue weighted by molar-refractivity contribution is 7.87. The minimum absolute atomic E-state index is 0.105. The Hall–Kier alpha value is -0.960. The van der Waals surface area contributed by atoms with E-state index in [1.807, 2.05) is 0 Å². The van der Waals surface area contributed by atoms with Crippen LogP contribution in [0.25, 0.3) is 0 Å². The molecule has 0 radical (unpaired) electrons. The number of piperidine rings is 1. The lowest BCUT2D eigenvalue weighted by atomic mass is 9.99. The molecule has 8 heteroatoms. The fourth-order valence-corrected chi connectivity index (χ4v) is 4.08. The SMILES string of the molecule is C=C[C@@H]1OCC[C@H]1CNS(=O)(=O)N1CCC(C(=O)O)CC1. The summed E-state index contributed by atoms with van der Waals surface area (Å²) < 4.78 is 33.8. The van der Waals surface area contributed by atoms with Crippen LogP contribution in [0.5, 0.6) is 0 Å². The summed E-state index contributed by atoms with van der Waals surface area (Å²) >= 11 is 0. The predicted molar refractivity (Wildman–Crippen MR) is 76.9 cm³/mol. The Morgan fingerprint density at radius 3 is 2.62 bits per heavy atom. The molecule has 0 unspecified atom stereocenters. The monoisotopic (exact) mass is 318 g/mol. The van der Waals surface area contributed by atoms with Crippen molar-refractivity contribution in [2.75, 3.05) is 26.2 Å². The van der Waals surface area contributed by atoms with Crippen LogP contribution in [0.1, 0.15) is 19.3 Å². The maximum atomic E-state index is 12.2. The Balaban J connectivity index is 1.85. The Morgan fingerprint density at radius 2 is 2.05 bits per heavy atom. The van der Waals surface area contributed by atoms with Crippen LogP contribution in [-0.2, 0) is 19.7 Å². The molecule has 0 bridgehead atoms. The Labute approximate surface area is 125 Å². The summed E-state index contributed by atoms with van der Waals surface area (Å²) in [7, 11) is -3.55. The number of nitrogens with one attached hydrogen (secondary N) is 1. The van der Waals surface area contributed by atoms with Crippen LogP contribution in [0.2, 0.25) is 0 Å². The van der Waals surface area contributed by atoms with Gasteiger partial charge in [0.05, 0.1) is 12.0 Å². The van der Waals surface area contributed by atoms with Gasteiger partial charge in [-0.1, -0.05) is 6.08 Å². The van der Waals surface area contributed by atoms with Crippen molar-refractivity contribution in [3.8, 4) is 0 Å². The quantitative estimate of drug-likeness (QED) is 0.683. The van der Waals surface area contributed by atoms with Gasteiger partial charge in [-0.05, 0) is 19.3 Å². The highest BCUT2D eigenvalue weighted by Crippen LogP contribution is 2.22. The summed E-state index contributed by atoms with van der Waals surface area (Å²) in [5.74, 6) is -1.18. The second-order valence-electron chi connectivity index (χ2n) is 5.48. The van der Waals surface area contributed by atoms with E-state index in [1.54, 1.807) is 6.08 Å². The first-order chi connectivity index (χ1) is 9.94. The van der Waals surface area contributed by atoms with Gasteiger partial charge in [0.15, 0.2) is 0 Å². The second kappa shape index (κ2) is 6.87. The fraction of sp³-hybridized carbons (Fsp3) is 0.769. The van der Waals surface area contributed by atoms with E-state index in [2.05, 4.69) is 11.3 Å². The number of hydrogen-bond acceptors (Lipinski definition) is 4. The number of carbonyl (C=O) groups is 1. The molecule has 0 aromatic carbocycles. The van der Waals surface area contributed by atoms with Gasteiger partial charge in [0.1, 0.15) is 0 Å². The molecule has 2 aliphatic heterocycles. The van der Waals surface area contributed by atoms with Gasteiger partial charge in [0, 0.05) is 32.2 Å². The smallest absolute Gasteiger partial charge is 0.306 e. The molecule has 2 saturated heterocycles. The molecule has 0 spiro atoms.